The SMILES string of the molecule is C#CCOc1ccc(/C=C2\SC(=Nc3ccc(C(=O)O)cc3)N(CC)C2=O)cc1OCC. The molecule has 1 aliphatic heterocycles. The number of aliphatic imine (C=N–C) groups is 1. The highest BCUT2D eigenvalue weighted by molar-refractivity contribution is 8.18. The molecule has 1 fully saturated rings. The van der Waals surface area contributed by atoms with Crippen molar-refractivity contribution < 1.29 is 24.2 Å². The van der Waals surface area contributed by atoms with Crippen molar-refractivity contribution in [2.45, 2.75) is 13.8 Å². The first-order valence-electron chi connectivity index (χ1n) is 9.93. The predicted octanol–water partition coefficient (Wildman–Crippen LogP) is 4.42. The molecule has 0 bridgehead atoms. The maximum atomic E-state index is 12.9. The Labute approximate surface area is 190 Å². The van der Waals surface area contributed by atoms with Crippen molar-refractivity contribution in [2.24, 2.45) is 4.99 Å². The van der Waals surface area contributed by atoms with Crippen LogP contribution >= 0.6 is 11.8 Å². The summed E-state index contributed by atoms with van der Waals surface area (Å²) in [6.45, 7) is 4.79. The summed E-state index contributed by atoms with van der Waals surface area (Å²) < 4.78 is 11.2. The number of amides is 1. The van der Waals surface area contributed by atoms with E-state index in [1.807, 2.05) is 19.9 Å². The lowest BCUT2D eigenvalue weighted by molar-refractivity contribution is -0.122. The molecule has 8 heteroatoms. The van der Waals surface area contributed by atoms with E-state index in [0.717, 1.165) is 5.56 Å². The molecule has 0 aromatic heterocycles. The molecule has 0 atom stereocenters. The van der Waals surface area contributed by atoms with Gasteiger partial charge in [0.05, 0.1) is 22.8 Å². The van der Waals surface area contributed by atoms with E-state index in [0.29, 0.717) is 40.4 Å². The first-order chi connectivity index (χ1) is 15.5. The average molecular weight is 451 g/mol. The summed E-state index contributed by atoms with van der Waals surface area (Å²) in [7, 11) is 0. The molecule has 1 aliphatic rings. The topological polar surface area (TPSA) is 88.4 Å². The number of thioether (sulfide) groups is 1. The van der Waals surface area contributed by atoms with Crippen LogP contribution in [0.15, 0.2) is 52.4 Å². The summed E-state index contributed by atoms with van der Waals surface area (Å²) in [6.07, 6.45) is 7.04. The summed E-state index contributed by atoms with van der Waals surface area (Å²) in [6, 6.07) is 11.6. The van der Waals surface area contributed by atoms with Crippen LogP contribution in [-0.2, 0) is 4.79 Å². The number of rotatable bonds is 8. The minimum Gasteiger partial charge on any atom is -0.490 e. The number of likely N-dealkylation sites (N-methyl/N-ethyl adjacent to an activating group) is 1. The van der Waals surface area contributed by atoms with E-state index in [1.165, 1.54) is 23.9 Å². The third-order valence-corrected chi connectivity index (χ3v) is 5.43. The van der Waals surface area contributed by atoms with Crippen LogP contribution in [0.2, 0.25) is 0 Å². The lowest BCUT2D eigenvalue weighted by Gasteiger charge is -2.12. The van der Waals surface area contributed by atoms with Gasteiger partial charge in [-0.2, -0.15) is 0 Å². The number of carbonyl (C=O) groups excluding carboxylic acids is 1. The molecule has 1 heterocycles. The Hall–Kier alpha value is -3.70. The maximum absolute atomic E-state index is 12.9. The van der Waals surface area contributed by atoms with Gasteiger partial charge in [-0.3, -0.25) is 9.69 Å². The molecule has 1 N–H and O–H groups in total. The second kappa shape index (κ2) is 10.6. The molecule has 0 saturated carbocycles. The minimum absolute atomic E-state index is 0.133. The summed E-state index contributed by atoms with van der Waals surface area (Å²) in [5.41, 5.74) is 1.52. The fourth-order valence-electron chi connectivity index (χ4n) is 2.93. The van der Waals surface area contributed by atoms with Crippen LogP contribution in [0, 0.1) is 12.3 Å². The number of hydrogen-bond acceptors (Lipinski definition) is 6. The van der Waals surface area contributed by atoms with Crippen molar-refractivity contribution >= 4 is 40.6 Å². The zero-order chi connectivity index (χ0) is 23.1. The van der Waals surface area contributed by atoms with Gasteiger partial charge in [-0.15, -0.1) is 6.42 Å². The van der Waals surface area contributed by atoms with Gasteiger partial charge < -0.3 is 14.6 Å². The number of terminal acetylenes is 1. The van der Waals surface area contributed by atoms with E-state index in [1.54, 1.807) is 35.2 Å². The molecule has 3 rings (SSSR count). The molecule has 0 radical (unpaired) electrons. The molecule has 1 amide bonds. The van der Waals surface area contributed by atoms with Crippen molar-refractivity contribution in [1.29, 1.82) is 0 Å². The molecule has 0 aliphatic carbocycles. The van der Waals surface area contributed by atoms with E-state index in [-0.39, 0.29) is 18.1 Å². The fraction of sp³-hybridized carbons (Fsp3) is 0.208. The minimum atomic E-state index is -1.00. The summed E-state index contributed by atoms with van der Waals surface area (Å²) in [5, 5.41) is 9.57. The Bertz CT molecular complexity index is 1120. The number of benzene rings is 2. The van der Waals surface area contributed by atoms with Crippen molar-refractivity contribution in [1.82, 2.24) is 4.90 Å². The molecular weight excluding hydrogens is 428 g/mol. The smallest absolute Gasteiger partial charge is 0.335 e. The van der Waals surface area contributed by atoms with Gasteiger partial charge in [-0.05, 0) is 73.6 Å². The molecular formula is C24H22N2O5S. The Morgan fingerprint density at radius 1 is 1.19 bits per heavy atom. The number of carboxylic acids is 1. The second-order valence-electron chi connectivity index (χ2n) is 6.54. The first kappa shape index (κ1) is 23.0. The Morgan fingerprint density at radius 3 is 2.56 bits per heavy atom. The van der Waals surface area contributed by atoms with Gasteiger partial charge in [0, 0.05) is 6.54 Å². The number of carbonyl (C=O) groups is 2. The number of amidine groups is 1. The molecule has 2 aromatic carbocycles. The van der Waals surface area contributed by atoms with Gasteiger partial charge in [-0.25, -0.2) is 9.79 Å². The lowest BCUT2D eigenvalue weighted by atomic mass is 10.2. The van der Waals surface area contributed by atoms with Crippen LogP contribution in [0.25, 0.3) is 6.08 Å². The summed E-state index contributed by atoms with van der Waals surface area (Å²) in [5.74, 6) is 2.36. The Balaban J connectivity index is 1.88. The van der Waals surface area contributed by atoms with E-state index in [9.17, 15) is 9.59 Å². The number of ether oxygens (including phenoxy) is 2. The highest BCUT2D eigenvalue weighted by atomic mass is 32.2. The third-order valence-electron chi connectivity index (χ3n) is 4.42. The van der Waals surface area contributed by atoms with Crippen LogP contribution in [0.1, 0.15) is 29.8 Å². The van der Waals surface area contributed by atoms with Crippen molar-refractivity contribution in [2.75, 3.05) is 19.8 Å². The van der Waals surface area contributed by atoms with Gasteiger partial charge >= 0.3 is 5.97 Å². The van der Waals surface area contributed by atoms with Crippen LogP contribution in [-0.4, -0.2) is 46.8 Å². The molecule has 0 unspecified atom stereocenters. The van der Waals surface area contributed by atoms with Gasteiger partial charge in [0.15, 0.2) is 16.7 Å². The quantitative estimate of drug-likeness (QED) is 0.473. The fourth-order valence-corrected chi connectivity index (χ4v) is 3.99. The monoisotopic (exact) mass is 450 g/mol. The van der Waals surface area contributed by atoms with Gasteiger partial charge in [-0.1, -0.05) is 12.0 Å². The van der Waals surface area contributed by atoms with Crippen molar-refractivity contribution in [3.63, 3.8) is 0 Å². The van der Waals surface area contributed by atoms with E-state index in [4.69, 9.17) is 21.0 Å². The van der Waals surface area contributed by atoms with E-state index >= 15 is 0 Å². The zero-order valence-electron chi connectivity index (χ0n) is 17.7. The summed E-state index contributed by atoms with van der Waals surface area (Å²) in [4.78, 5) is 30.6. The number of carboxylic acid groups (broad SMARTS) is 1. The number of nitrogens with zero attached hydrogens (tertiary/aromatic N) is 2. The van der Waals surface area contributed by atoms with Crippen molar-refractivity contribution in [3.05, 3.63) is 58.5 Å². The molecule has 2 aromatic rings. The van der Waals surface area contributed by atoms with Crippen LogP contribution < -0.4 is 9.47 Å². The molecule has 0 spiro atoms. The predicted molar refractivity (Wildman–Crippen MR) is 125 cm³/mol. The Morgan fingerprint density at radius 2 is 1.94 bits per heavy atom. The molecule has 164 valence electrons. The largest absolute Gasteiger partial charge is 0.490 e. The zero-order valence-corrected chi connectivity index (χ0v) is 18.5. The van der Waals surface area contributed by atoms with Gasteiger partial charge in [0.1, 0.15) is 6.61 Å². The summed E-state index contributed by atoms with van der Waals surface area (Å²) >= 11 is 1.26. The highest BCUT2D eigenvalue weighted by Gasteiger charge is 2.32. The van der Waals surface area contributed by atoms with Crippen LogP contribution in [0.4, 0.5) is 5.69 Å². The lowest BCUT2D eigenvalue weighted by Crippen LogP contribution is -2.28. The average Bonchev–Trinajstić information content (AvgIpc) is 3.07. The standard InChI is InChI=1S/C24H22N2O5S/c1-4-13-31-19-12-7-16(14-20(19)30-6-3)15-21-22(27)26(5-2)24(32-21)25-18-10-8-17(9-11-18)23(28)29/h1,7-12,14-15H,5-6,13H2,2-3H3,(H,28,29)/b21-15-,25-24?. The normalized spacial score (nSPS) is 15.8. The maximum Gasteiger partial charge on any atom is 0.335 e. The Kier molecular flexibility index (Phi) is 7.58. The number of hydrogen-bond donors (Lipinski definition) is 1. The van der Waals surface area contributed by atoms with Crippen LogP contribution in [0.3, 0.4) is 0 Å². The molecule has 1 saturated heterocycles. The van der Waals surface area contributed by atoms with Crippen molar-refractivity contribution in [3.8, 4) is 23.8 Å². The third kappa shape index (κ3) is 5.31. The van der Waals surface area contributed by atoms with E-state index in [2.05, 4.69) is 10.9 Å². The molecule has 32 heavy (non-hydrogen) atoms. The van der Waals surface area contributed by atoms with Gasteiger partial charge in [0.2, 0.25) is 0 Å². The molecule has 7 nitrogen and oxygen atoms in total. The first-order valence-corrected chi connectivity index (χ1v) is 10.7. The van der Waals surface area contributed by atoms with Crippen LogP contribution in [0.5, 0.6) is 11.5 Å². The van der Waals surface area contributed by atoms with Gasteiger partial charge in [0.25, 0.3) is 5.91 Å². The number of aromatic carboxylic acids is 1. The highest BCUT2D eigenvalue weighted by Crippen LogP contribution is 2.36. The van der Waals surface area contributed by atoms with E-state index < -0.39 is 5.97 Å². The second-order valence-corrected chi connectivity index (χ2v) is 7.55.